The predicted octanol–water partition coefficient (Wildman–Crippen LogP) is 4.13. The molecule has 0 saturated carbocycles. The molecule has 1 heterocycles. The maximum Gasteiger partial charge on any atom is 0.305 e. The first kappa shape index (κ1) is 18.5. The van der Waals surface area contributed by atoms with E-state index in [-0.39, 0.29) is 12.4 Å². The standard InChI is InChI=1S/C21H21NO5/c1-24-16-8-4-14(5-9-16)20-18(12-13-19(23)26-3)27-22-21(20)15-6-10-17(25-2)11-7-15/h4-11H,12-13H2,1-3H3. The van der Waals surface area contributed by atoms with Gasteiger partial charge in [-0.2, -0.15) is 0 Å². The number of carbonyl (C=O) groups excluding carboxylic acids is 1. The average Bonchev–Trinajstić information content (AvgIpc) is 3.16. The fraction of sp³-hybridized carbons (Fsp3) is 0.238. The third-order valence-corrected chi connectivity index (χ3v) is 4.29. The molecular weight excluding hydrogens is 346 g/mol. The maximum atomic E-state index is 11.5. The van der Waals surface area contributed by atoms with Crippen LogP contribution in [0.5, 0.6) is 11.5 Å². The number of nitrogens with zero attached hydrogens (tertiary/aromatic N) is 1. The van der Waals surface area contributed by atoms with E-state index in [4.69, 9.17) is 18.7 Å². The Kier molecular flexibility index (Phi) is 5.76. The van der Waals surface area contributed by atoms with E-state index < -0.39 is 0 Å². The van der Waals surface area contributed by atoms with Crippen molar-refractivity contribution in [2.75, 3.05) is 21.3 Å². The lowest BCUT2D eigenvalue weighted by Gasteiger charge is -2.07. The summed E-state index contributed by atoms with van der Waals surface area (Å²) in [5.41, 5.74) is 3.40. The van der Waals surface area contributed by atoms with Crippen LogP contribution in [0.4, 0.5) is 0 Å². The van der Waals surface area contributed by atoms with Crippen LogP contribution in [-0.2, 0) is 16.0 Å². The lowest BCUT2D eigenvalue weighted by molar-refractivity contribution is -0.140. The minimum atomic E-state index is -0.293. The first-order valence-corrected chi connectivity index (χ1v) is 8.50. The minimum absolute atomic E-state index is 0.219. The van der Waals surface area contributed by atoms with Gasteiger partial charge in [0.05, 0.1) is 33.3 Å². The summed E-state index contributed by atoms with van der Waals surface area (Å²) in [5.74, 6) is 1.87. The summed E-state index contributed by atoms with van der Waals surface area (Å²) in [6.45, 7) is 0. The van der Waals surface area contributed by atoms with Gasteiger partial charge >= 0.3 is 5.97 Å². The van der Waals surface area contributed by atoms with Gasteiger partial charge in [-0.25, -0.2) is 0 Å². The molecule has 6 heteroatoms. The van der Waals surface area contributed by atoms with Crippen LogP contribution in [0.1, 0.15) is 12.2 Å². The molecule has 3 rings (SSSR count). The number of ether oxygens (including phenoxy) is 3. The molecule has 0 N–H and O–H groups in total. The molecule has 1 aromatic heterocycles. The number of carbonyl (C=O) groups is 1. The molecule has 0 saturated heterocycles. The smallest absolute Gasteiger partial charge is 0.305 e. The van der Waals surface area contributed by atoms with Crippen molar-refractivity contribution in [1.29, 1.82) is 0 Å². The van der Waals surface area contributed by atoms with Crippen LogP contribution in [0.25, 0.3) is 22.4 Å². The zero-order valence-electron chi connectivity index (χ0n) is 15.5. The van der Waals surface area contributed by atoms with Crippen molar-refractivity contribution in [2.45, 2.75) is 12.8 Å². The van der Waals surface area contributed by atoms with Gasteiger partial charge in [0.25, 0.3) is 0 Å². The maximum absolute atomic E-state index is 11.5. The minimum Gasteiger partial charge on any atom is -0.497 e. The van der Waals surface area contributed by atoms with Gasteiger partial charge in [0.15, 0.2) is 0 Å². The second kappa shape index (κ2) is 8.40. The van der Waals surface area contributed by atoms with E-state index in [9.17, 15) is 4.79 Å². The molecular formula is C21H21NO5. The Bertz CT molecular complexity index is 897. The second-order valence-corrected chi connectivity index (χ2v) is 5.86. The normalized spacial score (nSPS) is 10.5. The Morgan fingerprint density at radius 3 is 1.96 bits per heavy atom. The van der Waals surface area contributed by atoms with Gasteiger partial charge in [0.2, 0.25) is 0 Å². The molecule has 0 aliphatic carbocycles. The Labute approximate surface area is 157 Å². The molecule has 6 nitrogen and oxygen atoms in total. The molecule has 0 bridgehead atoms. The molecule has 2 aromatic carbocycles. The number of esters is 1. The van der Waals surface area contributed by atoms with Crippen molar-refractivity contribution in [3.05, 3.63) is 54.3 Å². The van der Waals surface area contributed by atoms with E-state index in [1.165, 1.54) is 7.11 Å². The molecule has 0 spiro atoms. The topological polar surface area (TPSA) is 70.8 Å². The molecule has 0 aliphatic heterocycles. The summed E-state index contributed by atoms with van der Waals surface area (Å²) in [4.78, 5) is 11.5. The number of hydrogen-bond donors (Lipinski definition) is 0. The van der Waals surface area contributed by atoms with E-state index in [0.717, 1.165) is 28.2 Å². The number of hydrogen-bond acceptors (Lipinski definition) is 6. The molecule has 0 amide bonds. The Balaban J connectivity index is 2.03. The van der Waals surface area contributed by atoms with Gasteiger partial charge in [-0.15, -0.1) is 0 Å². The van der Waals surface area contributed by atoms with Crippen molar-refractivity contribution >= 4 is 5.97 Å². The highest BCUT2D eigenvalue weighted by Gasteiger charge is 2.20. The van der Waals surface area contributed by atoms with Crippen molar-refractivity contribution in [3.8, 4) is 33.9 Å². The molecule has 0 fully saturated rings. The fourth-order valence-electron chi connectivity index (χ4n) is 2.81. The van der Waals surface area contributed by atoms with Crippen LogP contribution in [-0.4, -0.2) is 32.5 Å². The highest BCUT2D eigenvalue weighted by molar-refractivity contribution is 5.82. The quantitative estimate of drug-likeness (QED) is 0.585. The number of aryl methyl sites for hydroxylation is 1. The molecule has 0 atom stereocenters. The SMILES string of the molecule is COC(=O)CCc1onc(-c2ccc(OC)cc2)c1-c1ccc(OC)cc1. The highest BCUT2D eigenvalue weighted by atomic mass is 16.5. The number of rotatable bonds is 7. The van der Waals surface area contributed by atoms with Gasteiger partial charge in [0, 0.05) is 12.0 Å². The largest absolute Gasteiger partial charge is 0.497 e. The van der Waals surface area contributed by atoms with Crippen LogP contribution in [0.3, 0.4) is 0 Å². The van der Waals surface area contributed by atoms with Crippen LogP contribution in [0, 0.1) is 0 Å². The van der Waals surface area contributed by atoms with Crippen LogP contribution < -0.4 is 9.47 Å². The van der Waals surface area contributed by atoms with Crippen molar-refractivity contribution < 1.29 is 23.5 Å². The summed E-state index contributed by atoms with van der Waals surface area (Å²) in [5, 5.41) is 4.27. The third-order valence-electron chi connectivity index (χ3n) is 4.29. The van der Waals surface area contributed by atoms with E-state index in [1.807, 2.05) is 48.5 Å². The zero-order valence-corrected chi connectivity index (χ0v) is 15.5. The van der Waals surface area contributed by atoms with Gasteiger partial charge < -0.3 is 18.7 Å². The summed E-state index contributed by atoms with van der Waals surface area (Å²) in [6, 6.07) is 15.2. The zero-order chi connectivity index (χ0) is 19.2. The molecule has 27 heavy (non-hydrogen) atoms. The van der Waals surface area contributed by atoms with Crippen molar-refractivity contribution in [1.82, 2.24) is 5.16 Å². The average molecular weight is 367 g/mol. The summed E-state index contributed by atoms with van der Waals surface area (Å²) < 4.78 is 20.8. The van der Waals surface area contributed by atoms with Crippen molar-refractivity contribution in [2.24, 2.45) is 0 Å². The van der Waals surface area contributed by atoms with Gasteiger partial charge in [0.1, 0.15) is 23.0 Å². The number of benzene rings is 2. The second-order valence-electron chi connectivity index (χ2n) is 5.86. The van der Waals surface area contributed by atoms with Gasteiger partial charge in [-0.05, 0) is 42.0 Å². The molecule has 0 unspecified atom stereocenters. The number of aromatic nitrogens is 1. The summed E-state index contributed by atoms with van der Waals surface area (Å²) in [6.07, 6.45) is 0.619. The monoisotopic (exact) mass is 367 g/mol. The van der Waals surface area contributed by atoms with E-state index in [2.05, 4.69) is 5.16 Å². The lowest BCUT2D eigenvalue weighted by atomic mass is 9.97. The van der Waals surface area contributed by atoms with Crippen LogP contribution >= 0.6 is 0 Å². The molecule has 0 aliphatic rings. The number of methoxy groups -OCH3 is 3. The van der Waals surface area contributed by atoms with Gasteiger partial charge in [-0.1, -0.05) is 17.3 Å². The Morgan fingerprint density at radius 2 is 1.44 bits per heavy atom. The molecule has 140 valence electrons. The first-order valence-electron chi connectivity index (χ1n) is 8.50. The van der Waals surface area contributed by atoms with Crippen LogP contribution in [0.2, 0.25) is 0 Å². The van der Waals surface area contributed by atoms with Crippen molar-refractivity contribution in [3.63, 3.8) is 0 Å². The Morgan fingerprint density at radius 1 is 0.889 bits per heavy atom. The molecule has 0 radical (unpaired) electrons. The molecule has 3 aromatic rings. The van der Waals surface area contributed by atoms with E-state index in [1.54, 1.807) is 14.2 Å². The fourth-order valence-corrected chi connectivity index (χ4v) is 2.81. The van der Waals surface area contributed by atoms with Crippen LogP contribution in [0.15, 0.2) is 53.1 Å². The first-order chi connectivity index (χ1) is 13.2. The predicted molar refractivity (Wildman–Crippen MR) is 101 cm³/mol. The van der Waals surface area contributed by atoms with E-state index in [0.29, 0.717) is 17.9 Å². The summed E-state index contributed by atoms with van der Waals surface area (Å²) >= 11 is 0. The Hall–Kier alpha value is -3.28. The van der Waals surface area contributed by atoms with Gasteiger partial charge in [-0.3, -0.25) is 4.79 Å². The lowest BCUT2D eigenvalue weighted by Crippen LogP contribution is -2.02. The third kappa shape index (κ3) is 4.11. The highest BCUT2D eigenvalue weighted by Crippen LogP contribution is 2.36. The van der Waals surface area contributed by atoms with E-state index >= 15 is 0 Å². The summed E-state index contributed by atoms with van der Waals surface area (Å²) in [7, 11) is 4.62.